The Bertz CT molecular complexity index is 896. The number of carbonyl (C=O) groups is 2. The number of aliphatic hydroxyl groups excluding tert-OH is 3. The standard InChI is InChI=1S/C23H29NO10/c1-24-13-7-11(8-14(24)19-18(13)33-19)32-22(30)12(10-5-3-2-4-6-10)9-31-23-17(27)15(25)16(26)20(34-23)21(28)29/h2-6,11-20,23,25-27H,7-9H2,1H3,(H,28,29)/t11?,12-,13-,14+,15-,16-,17+,18-,19+,20-,23+/m0/s1. The highest BCUT2D eigenvalue weighted by molar-refractivity contribution is 5.78. The Kier molecular flexibility index (Phi) is 6.36. The summed E-state index contributed by atoms with van der Waals surface area (Å²) in [6.07, 6.45) is -7.13. The van der Waals surface area contributed by atoms with E-state index in [9.17, 15) is 30.0 Å². The van der Waals surface area contributed by atoms with E-state index < -0.39 is 48.6 Å². The summed E-state index contributed by atoms with van der Waals surface area (Å²) in [5.41, 5.74) is 0.621. The fourth-order valence-electron chi connectivity index (χ4n) is 5.41. The number of hydrogen-bond donors (Lipinski definition) is 4. The first-order valence-corrected chi connectivity index (χ1v) is 11.4. The Morgan fingerprint density at radius 1 is 1.03 bits per heavy atom. The molecule has 11 heteroatoms. The molecular weight excluding hydrogens is 450 g/mol. The van der Waals surface area contributed by atoms with Crippen molar-refractivity contribution in [2.45, 2.75) is 79.9 Å². The number of carboxylic acids is 1. The highest BCUT2D eigenvalue weighted by Crippen LogP contribution is 2.48. The molecule has 4 fully saturated rings. The number of epoxide rings is 1. The largest absolute Gasteiger partial charge is 0.479 e. The van der Waals surface area contributed by atoms with Crippen molar-refractivity contribution in [3.8, 4) is 0 Å². The molecule has 1 aromatic carbocycles. The van der Waals surface area contributed by atoms with Crippen molar-refractivity contribution >= 4 is 11.9 Å². The zero-order chi connectivity index (χ0) is 24.1. The summed E-state index contributed by atoms with van der Waals surface area (Å²) in [4.78, 5) is 26.9. The number of likely N-dealkylation sites (N-methyl/N-ethyl adjacent to an activating group) is 1. The minimum atomic E-state index is -1.82. The van der Waals surface area contributed by atoms with Gasteiger partial charge >= 0.3 is 11.9 Å². The lowest BCUT2D eigenvalue weighted by molar-refractivity contribution is -0.294. The van der Waals surface area contributed by atoms with Crippen LogP contribution in [0.25, 0.3) is 0 Å². The number of carbonyl (C=O) groups excluding carboxylic acids is 1. The van der Waals surface area contributed by atoms with Gasteiger partial charge in [-0.3, -0.25) is 9.69 Å². The Labute approximate surface area is 195 Å². The molecule has 34 heavy (non-hydrogen) atoms. The first kappa shape index (κ1) is 23.6. The van der Waals surface area contributed by atoms with Crippen LogP contribution < -0.4 is 0 Å². The lowest BCUT2D eigenvalue weighted by Crippen LogP contribution is -2.60. The Morgan fingerprint density at radius 2 is 1.68 bits per heavy atom. The number of hydrogen-bond acceptors (Lipinski definition) is 10. The summed E-state index contributed by atoms with van der Waals surface area (Å²) in [6, 6.07) is 9.27. The third-order valence-electron chi connectivity index (χ3n) is 7.38. The summed E-state index contributed by atoms with van der Waals surface area (Å²) < 4.78 is 22.3. The van der Waals surface area contributed by atoms with Gasteiger partial charge in [0.15, 0.2) is 12.4 Å². The van der Waals surface area contributed by atoms with Gasteiger partial charge < -0.3 is 39.4 Å². The molecule has 0 radical (unpaired) electrons. The predicted octanol–water partition coefficient (Wildman–Crippen LogP) is -1.17. The van der Waals surface area contributed by atoms with E-state index in [0.717, 1.165) is 0 Å². The molecule has 0 amide bonds. The first-order chi connectivity index (χ1) is 16.3. The smallest absolute Gasteiger partial charge is 0.335 e. The zero-order valence-corrected chi connectivity index (χ0v) is 18.5. The minimum Gasteiger partial charge on any atom is -0.479 e. The maximum absolute atomic E-state index is 13.2. The van der Waals surface area contributed by atoms with Crippen LogP contribution in [0.4, 0.5) is 0 Å². The van der Waals surface area contributed by atoms with Gasteiger partial charge in [-0.15, -0.1) is 0 Å². The maximum Gasteiger partial charge on any atom is 0.335 e. The second-order valence-electron chi connectivity index (χ2n) is 9.43. The summed E-state index contributed by atoms with van der Waals surface area (Å²) in [5, 5.41) is 39.3. The maximum atomic E-state index is 13.2. The molecule has 4 saturated heterocycles. The molecule has 1 aromatic rings. The van der Waals surface area contributed by atoms with Gasteiger partial charge in [0, 0.05) is 24.9 Å². The molecule has 4 heterocycles. The molecule has 0 spiro atoms. The topological polar surface area (TPSA) is 159 Å². The summed E-state index contributed by atoms with van der Waals surface area (Å²) in [5.74, 6) is -2.88. The first-order valence-electron chi connectivity index (χ1n) is 11.4. The Balaban J connectivity index is 1.26. The lowest BCUT2D eigenvalue weighted by Gasteiger charge is -2.39. The second kappa shape index (κ2) is 9.15. The van der Waals surface area contributed by atoms with Gasteiger partial charge in [0.1, 0.15) is 42.5 Å². The van der Waals surface area contributed by atoms with E-state index in [1.54, 1.807) is 30.3 Å². The fraction of sp³-hybridized carbons (Fsp3) is 0.652. The number of carboxylic acid groups (broad SMARTS) is 1. The van der Waals surface area contributed by atoms with Crippen LogP contribution in [-0.4, -0.2) is 112 Å². The number of benzene rings is 1. The number of fused-ring (bicyclic) bond motifs is 5. The van der Waals surface area contributed by atoms with Crippen LogP contribution in [0.15, 0.2) is 30.3 Å². The molecular formula is C23H29NO10. The van der Waals surface area contributed by atoms with Gasteiger partial charge in [-0.25, -0.2) is 4.79 Å². The van der Waals surface area contributed by atoms with Crippen molar-refractivity contribution in [2.24, 2.45) is 0 Å². The average molecular weight is 479 g/mol. The van der Waals surface area contributed by atoms with Crippen LogP contribution >= 0.6 is 0 Å². The van der Waals surface area contributed by atoms with Crippen LogP contribution in [0.2, 0.25) is 0 Å². The van der Waals surface area contributed by atoms with E-state index in [1.165, 1.54) is 0 Å². The van der Waals surface area contributed by atoms with Gasteiger partial charge in [0.25, 0.3) is 0 Å². The average Bonchev–Trinajstić information content (AvgIpc) is 3.58. The molecule has 186 valence electrons. The van der Waals surface area contributed by atoms with Crippen LogP contribution in [0.3, 0.4) is 0 Å². The summed E-state index contributed by atoms with van der Waals surface area (Å²) >= 11 is 0. The van der Waals surface area contributed by atoms with E-state index in [1.807, 2.05) is 0 Å². The zero-order valence-electron chi connectivity index (χ0n) is 18.5. The normalized spacial score (nSPS) is 42.0. The third-order valence-corrected chi connectivity index (χ3v) is 7.38. The van der Waals surface area contributed by atoms with Crippen LogP contribution in [0.5, 0.6) is 0 Å². The van der Waals surface area contributed by atoms with Crippen LogP contribution in [0, 0.1) is 0 Å². The molecule has 11 nitrogen and oxygen atoms in total. The van der Waals surface area contributed by atoms with Crippen molar-refractivity contribution in [2.75, 3.05) is 13.7 Å². The quantitative estimate of drug-likeness (QED) is 0.276. The molecule has 2 bridgehead atoms. The highest BCUT2D eigenvalue weighted by atomic mass is 16.7. The molecule has 4 aliphatic heterocycles. The SMILES string of the molecule is CN1[C@@H]2CC(OC(=O)[C@@H](CO[C@@H]3O[C@H](C(=O)O)[C@@H](O)[C@H](O)[C@H]3O)c3ccccc3)C[C@H]1[C@@H]1O[C@@H]12. The molecule has 1 unspecified atom stereocenters. The van der Waals surface area contributed by atoms with Gasteiger partial charge in [-0.1, -0.05) is 30.3 Å². The van der Waals surface area contributed by atoms with Crippen molar-refractivity contribution in [1.82, 2.24) is 4.90 Å². The van der Waals surface area contributed by atoms with Gasteiger partial charge in [0.05, 0.1) is 6.61 Å². The van der Waals surface area contributed by atoms with E-state index in [2.05, 4.69) is 11.9 Å². The van der Waals surface area contributed by atoms with Crippen molar-refractivity contribution in [3.63, 3.8) is 0 Å². The van der Waals surface area contributed by atoms with E-state index in [0.29, 0.717) is 18.4 Å². The van der Waals surface area contributed by atoms with E-state index in [-0.39, 0.29) is 37.0 Å². The number of aliphatic carboxylic acids is 1. The van der Waals surface area contributed by atoms with E-state index >= 15 is 0 Å². The van der Waals surface area contributed by atoms with Gasteiger partial charge in [0.2, 0.25) is 0 Å². The number of morpholine rings is 1. The van der Waals surface area contributed by atoms with Crippen LogP contribution in [-0.2, 0) is 28.5 Å². The highest BCUT2D eigenvalue weighted by Gasteiger charge is 2.63. The molecule has 4 N–H and O–H groups in total. The Morgan fingerprint density at radius 3 is 2.29 bits per heavy atom. The van der Waals surface area contributed by atoms with Crippen molar-refractivity contribution < 1.29 is 49.0 Å². The summed E-state index contributed by atoms with van der Waals surface area (Å²) in [6.45, 7) is -0.284. The molecule has 0 aliphatic carbocycles. The van der Waals surface area contributed by atoms with Gasteiger partial charge in [-0.2, -0.15) is 0 Å². The third kappa shape index (κ3) is 4.22. The second-order valence-corrected chi connectivity index (χ2v) is 9.43. The molecule has 0 aromatic heterocycles. The lowest BCUT2D eigenvalue weighted by atomic mass is 9.97. The number of rotatable bonds is 7. The predicted molar refractivity (Wildman–Crippen MR) is 113 cm³/mol. The monoisotopic (exact) mass is 479 g/mol. The molecule has 11 atom stereocenters. The van der Waals surface area contributed by atoms with Crippen molar-refractivity contribution in [3.05, 3.63) is 35.9 Å². The molecule has 5 rings (SSSR count). The van der Waals surface area contributed by atoms with E-state index in [4.69, 9.17) is 18.9 Å². The summed E-state index contributed by atoms with van der Waals surface area (Å²) in [7, 11) is 2.06. The number of esters is 1. The van der Waals surface area contributed by atoms with Gasteiger partial charge in [-0.05, 0) is 12.6 Å². The van der Waals surface area contributed by atoms with Crippen LogP contribution in [0.1, 0.15) is 24.3 Å². The Hall–Kier alpha value is -2.12. The number of ether oxygens (including phenoxy) is 4. The minimum absolute atomic E-state index is 0.209. The molecule has 0 saturated carbocycles. The number of nitrogens with zero attached hydrogens (tertiary/aromatic N) is 1. The molecule has 4 aliphatic rings. The number of aliphatic hydroxyl groups is 3. The van der Waals surface area contributed by atoms with Crippen molar-refractivity contribution in [1.29, 1.82) is 0 Å². The fourth-order valence-corrected chi connectivity index (χ4v) is 5.41. The number of piperidine rings is 1.